The first-order valence-electron chi connectivity index (χ1n) is 6.18. The van der Waals surface area contributed by atoms with Crippen LogP contribution in [0.25, 0.3) is 0 Å². The van der Waals surface area contributed by atoms with Crippen LogP contribution in [0.15, 0.2) is 29.4 Å². The number of hydrogen-bond donors (Lipinski definition) is 1. The number of nitrogens with zero attached hydrogens (tertiary/aromatic N) is 2. The smallest absolute Gasteiger partial charge is 0.338 e. The molecule has 0 spiro atoms. The molecule has 1 atom stereocenters. The van der Waals surface area contributed by atoms with E-state index in [1.807, 2.05) is 0 Å². The molecule has 1 unspecified atom stereocenters. The van der Waals surface area contributed by atoms with Gasteiger partial charge in [-0.1, -0.05) is 28.5 Å². The zero-order valence-electron chi connectivity index (χ0n) is 11.5. The third kappa shape index (κ3) is 4.37. The van der Waals surface area contributed by atoms with Crippen molar-refractivity contribution in [2.75, 3.05) is 18.9 Å². The Kier molecular flexibility index (Phi) is 5.08. The Bertz CT molecular complexity index is 561. The van der Waals surface area contributed by atoms with E-state index in [1.54, 1.807) is 43.1 Å². The maximum absolute atomic E-state index is 11.6. The summed E-state index contributed by atoms with van der Waals surface area (Å²) < 4.78 is 0. The summed E-state index contributed by atoms with van der Waals surface area (Å²) in [4.78, 5) is 29.5. The topological polar surface area (TPSA) is 71.0 Å². The van der Waals surface area contributed by atoms with Gasteiger partial charge in [0.25, 0.3) is 0 Å². The lowest BCUT2D eigenvalue weighted by Gasteiger charge is -2.26. The molecule has 0 aromatic heterocycles. The number of anilines is 1. The Morgan fingerprint density at radius 3 is 2.76 bits per heavy atom. The molecule has 1 fully saturated rings. The average Bonchev–Trinajstić information content (AvgIpc) is 2.45. The van der Waals surface area contributed by atoms with Crippen molar-refractivity contribution in [3.63, 3.8) is 0 Å². The van der Waals surface area contributed by atoms with Gasteiger partial charge in [-0.15, -0.1) is 0 Å². The first-order chi connectivity index (χ1) is 9.95. The van der Waals surface area contributed by atoms with Gasteiger partial charge in [0.05, 0.1) is 11.8 Å². The van der Waals surface area contributed by atoms with Crippen LogP contribution in [-0.2, 0) is 9.63 Å². The highest BCUT2D eigenvalue weighted by molar-refractivity contribution is 8.15. The SMILES string of the molecule is CC1SC(=NOC(=O)Nc2ccc(Cl)cc2)CN(C)C1=O. The van der Waals surface area contributed by atoms with Crippen molar-refractivity contribution in [1.29, 1.82) is 0 Å². The maximum atomic E-state index is 11.6. The number of amides is 2. The first kappa shape index (κ1) is 15.7. The lowest BCUT2D eigenvalue weighted by molar-refractivity contribution is -0.128. The van der Waals surface area contributed by atoms with Gasteiger partial charge in [-0.25, -0.2) is 4.79 Å². The van der Waals surface area contributed by atoms with Crippen molar-refractivity contribution in [3.05, 3.63) is 29.3 Å². The summed E-state index contributed by atoms with van der Waals surface area (Å²) in [7, 11) is 1.68. The summed E-state index contributed by atoms with van der Waals surface area (Å²) in [5, 5.41) is 7.23. The van der Waals surface area contributed by atoms with Gasteiger partial charge in [-0.05, 0) is 31.2 Å². The fraction of sp³-hybridized carbons (Fsp3) is 0.308. The van der Waals surface area contributed by atoms with Crippen LogP contribution in [0.1, 0.15) is 6.92 Å². The Balaban J connectivity index is 1.90. The molecular formula is C13H14ClN3O3S. The van der Waals surface area contributed by atoms with Crippen LogP contribution in [0.4, 0.5) is 10.5 Å². The minimum Gasteiger partial charge on any atom is -0.338 e. The van der Waals surface area contributed by atoms with Crippen LogP contribution in [0.2, 0.25) is 5.02 Å². The highest BCUT2D eigenvalue weighted by atomic mass is 35.5. The fourth-order valence-electron chi connectivity index (χ4n) is 1.70. The number of carbonyl (C=O) groups is 2. The molecule has 1 heterocycles. The Morgan fingerprint density at radius 2 is 2.14 bits per heavy atom. The van der Waals surface area contributed by atoms with E-state index >= 15 is 0 Å². The quantitative estimate of drug-likeness (QED) is 0.669. The molecule has 112 valence electrons. The summed E-state index contributed by atoms with van der Waals surface area (Å²) in [6.45, 7) is 2.12. The van der Waals surface area contributed by atoms with Crippen LogP contribution < -0.4 is 5.32 Å². The van der Waals surface area contributed by atoms with E-state index < -0.39 is 6.09 Å². The van der Waals surface area contributed by atoms with Gasteiger partial charge in [0.15, 0.2) is 0 Å². The minimum absolute atomic E-state index is 0.0320. The number of nitrogens with one attached hydrogen (secondary N) is 1. The minimum atomic E-state index is -0.697. The lowest BCUT2D eigenvalue weighted by Crippen LogP contribution is -2.42. The molecule has 2 rings (SSSR count). The molecule has 6 nitrogen and oxygen atoms in total. The monoisotopic (exact) mass is 327 g/mol. The summed E-state index contributed by atoms with van der Waals surface area (Å²) >= 11 is 7.03. The first-order valence-corrected chi connectivity index (χ1v) is 7.43. The fourth-order valence-corrected chi connectivity index (χ4v) is 2.86. The van der Waals surface area contributed by atoms with Crippen LogP contribution in [0, 0.1) is 0 Å². The molecular weight excluding hydrogens is 314 g/mol. The largest absolute Gasteiger partial charge is 0.437 e. The van der Waals surface area contributed by atoms with Gasteiger partial charge in [-0.2, -0.15) is 0 Å². The second kappa shape index (κ2) is 6.82. The molecule has 1 aromatic carbocycles. The van der Waals surface area contributed by atoms with Crippen LogP contribution in [0.3, 0.4) is 0 Å². The van der Waals surface area contributed by atoms with Gasteiger partial charge >= 0.3 is 6.09 Å². The molecule has 0 saturated carbocycles. The van der Waals surface area contributed by atoms with E-state index in [-0.39, 0.29) is 11.2 Å². The van der Waals surface area contributed by atoms with E-state index in [0.29, 0.717) is 22.3 Å². The normalized spacial score (nSPS) is 20.5. The Labute approximate surface area is 131 Å². The van der Waals surface area contributed by atoms with Crippen LogP contribution in [0.5, 0.6) is 0 Å². The molecule has 0 aliphatic carbocycles. The van der Waals surface area contributed by atoms with Gasteiger partial charge in [0, 0.05) is 17.8 Å². The molecule has 2 amide bonds. The molecule has 1 N–H and O–H groups in total. The zero-order valence-corrected chi connectivity index (χ0v) is 13.1. The van der Waals surface area contributed by atoms with Gasteiger partial charge in [0.1, 0.15) is 5.04 Å². The molecule has 1 aromatic rings. The van der Waals surface area contributed by atoms with Crippen molar-refractivity contribution in [3.8, 4) is 0 Å². The van der Waals surface area contributed by atoms with E-state index in [1.165, 1.54) is 11.8 Å². The van der Waals surface area contributed by atoms with E-state index in [0.717, 1.165) is 0 Å². The highest BCUT2D eigenvalue weighted by Gasteiger charge is 2.27. The summed E-state index contributed by atoms with van der Waals surface area (Å²) in [6, 6.07) is 6.62. The molecule has 1 aliphatic heterocycles. The summed E-state index contributed by atoms with van der Waals surface area (Å²) in [5.74, 6) is 0.0320. The molecule has 0 bridgehead atoms. The number of benzene rings is 1. The van der Waals surface area contributed by atoms with Gasteiger partial charge in [-0.3, -0.25) is 14.9 Å². The van der Waals surface area contributed by atoms with E-state index in [9.17, 15) is 9.59 Å². The van der Waals surface area contributed by atoms with Crippen molar-refractivity contribution in [1.82, 2.24) is 4.90 Å². The van der Waals surface area contributed by atoms with Gasteiger partial charge < -0.3 is 4.90 Å². The highest BCUT2D eigenvalue weighted by Crippen LogP contribution is 2.21. The predicted octanol–water partition coefficient (Wildman–Crippen LogP) is 2.80. The standard InChI is InChI=1S/C13H14ClN3O3S/c1-8-12(18)17(2)7-11(21-8)16-20-13(19)15-10-5-3-9(14)4-6-10/h3-6,8H,7H2,1-2H3,(H,15,19). The molecule has 1 aliphatic rings. The zero-order chi connectivity index (χ0) is 15.4. The number of oxime groups is 1. The number of carbonyl (C=O) groups excluding carboxylic acids is 2. The van der Waals surface area contributed by atoms with Crippen LogP contribution in [-0.4, -0.2) is 40.8 Å². The number of rotatable bonds is 2. The Hall–Kier alpha value is -1.73. The Morgan fingerprint density at radius 1 is 1.48 bits per heavy atom. The maximum Gasteiger partial charge on any atom is 0.437 e. The van der Waals surface area contributed by atoms with E-state index in [4.69, 9.17) is 16.4 Å². The van der Waals surface area contributed by atoms with E-state index in [2.05, 4.69) is 10.5 Å². The molecule has 21 heavy (non-hydrogen) atoms. The van der Waals surface area contributed by atoms with Crippen molar-refractivity contribution in [2.24, 2.45) is 5.16 Å². The van der Waals surface area contributed by atoms with Crippen LogP contribution >= 0.6 is 23.4 Å². The molecule has 8 heteroatoms. The van der Waals surface area contributed by atoms with Gasteiger partial charge in [0.2, 0.25) is 5.91 Å². The molecule has 1 saturated heterocycles. The van der Waals surface area contributed by atoms with Crippen molar-refractivity contribution < 1.29 is 14.4 Å². The third-order valence-corrected chi connectivity index (χ3v) is 4.01. The lowest BCUT2D eigenvalue weighted by atomic mass is 10.3. The summed E-state index contributed by atoms with van der Waals surface area (Å²) in [5.41, 5.74) is 0.557. The second-order valence-corrected chi connectivity index (χ2v) is 6.30. The predicted molar refractivity (Wildman–Crippen MR) is 83.7 cm³/mol. The second-order valence-electron chi connectivity index (χ2n) is 4.45. The van der Waals surface area contributed by atoms with Crippen molar-refractivity contribution in [2.45, 2.75) is 12.2 Å². The summed E-state index contributed by atoms with van der Waals surface area (Å²) in [6.07, 6.45) is -0.697. The average molecular weight is 328 g/mol. The molecule has 0 radical (unpaired) electrons. The number of hydrogen-bond acceptors (Lipinski definition) is 5. The number of halogens is 1. The number of thioether (sulfide) groups is 1. The third-order valence-electron chi connectivity index (χ3n) is 2.73. The van der Waals surface area contributed by atoms with Crippen molar-refractivity contribution >= 4 is 46.1 Å².